The van der Waals surface area contributed by atoms with Crippen LogP contribution in [0.25, 0.3) is 0 Å². The zero-order chi connectivity index (χ0) is 27.9. The highest BCUT2D eigenvalue weighted by molar-refractivity contribution is 7.94. The van der Waals surface area contributed by atoms with Crippen molar-refractivity contribution in [2.45, 2.75) is 82.4 Å². The Bertz CT molecular complexity index is 1320. The van der Waals surface area contributed by atoms with Gasteiger partial charge in [0.15, 0.2) is 21.8 Å². The lowest BCUT2D eigenvalue weighted by Crippen LogP contribution is -2.58. The summed E-state index contributed by atoms with van der Waals surface area (Å²) in [6, 6.07) is 7.18. The van der Waals surface area contributed by atoms with E-state index in [1.54, 1.807) is 42.4 Å². The van der Waals surface area contributed by atoms with Crippen molar-refractivity contribution < 1.29 is 23.2 Å². The number of aromatic nitrogens is 2. The minimum atomic E-state index is -3.75. The summed E-state index contributed by atoms with van der Waals surface area (Å²) >= 11 is 5.92. The molecule has 0 radical (unpaired) electrons. The quantitative estimate of drug-likeness (QED) is 0.477. The molecule has 2 aromatic rings. The van der Waals surface area contributed by atoms with Crippen LogP contribution in [0.3, 0.4) is 0 Å². The zero-order valence-corrected chi connectivity index (χ0v) is 24.0. The van der Waals surface area contributed by atoms with Gasteiger partial charge in [0, 0.05) is 37.6 Å². The molecule has 1 aromatic carbocycles. The van der Waals surface area contributed by atoms with E-state index in [1.807, 2.05) is 26.0 Å². The normalized spacial score (nSPS) is 21.8. The summed E-state index contributed by atoms with van der Waals surface area (Å²) in [7, 11) is -3.75. The van der Waals surface area contributed by atoms with Gasteiger partial charge >= 0.3 is 0 Å². The summed E-state index contributed by atoms with van der Waals surface area (Å²) in [5.41, 5.74) is 2.11. The Labute approximate surface area is 228 Å². The van der Waals surface area contributed by atoms with Crippen molar-refractivity contribution in [1.29, 1.82) is 0 Å². The van der Waals surface area contributed by atoms with Crippen LogP contribution in [0.5, 0.6) is 0 Å². The topological polar surface area (TPSA) is 126 Å². The predicted octanol–water partition coefficient (Wildman–Crippen LogP) is 3.30. The molecule has 3 unspecified atom stereocenters. The number of imidazole rings is 1. The first-order valence-corrected chi connectivity index (χ1v) is 14.6. The number of nitrogens with zero attached hydrogens (tertiary/aromatic N) is 4. The highest BCUT2D eigenvalue weighted by Crippen LogP contribution is 2.40. The van der Waals surface area contributed by atoms with Crippen LogP contribution in [0.15, 0.2) is 35.6 Å². The summed E-state index contributed by atoms with van der Waals surface area (Å²) in [6.07, 6.45) is 0.612. The Hall–Kier alpha value is -2.47. The molecule has 3 heterocycles. The maximum Gasteiger partial charge on any atom is 0.287 e. The summed E-state index contributed by atoms with van der Waals surface area (Å²) in [5.74, 6) is -0.155. The number of fused-ring (bicyclic) bond motifs is 1. The van der Waals surface area contributed by atoms with Crippen molar-refractivity contribution in [2.24, 2.45) is 5.16 Å². The van der Waals surface area contributed by atoms with Crippen molar-refractivity contribution in [3.8, 4) is 0 Å². The third kappa shape index (κ3) is 5.09. The summed E-state index contributed by atoms with van der Waals surface area (Å²) < 4.78 is 27.4. The van der Waals surface area contributed by atoms with Gasteiger partial charge in [-0.05, 0) is 51.8 Å². The maximum atomic E-state index is 14.0. The fourth-order valence-electron chi connectivity index (χ4n) is 5.07. The van der Waals surface area contributed by atoms with Crippen molar-refractivity contribution in [3.05, 3.63) is 52.6 Å². The Balaban J connectivity index is 1.48. The number of nitrogens with one attached hydrogen (secondary N) is 1. The summed E-state index contributed by atoms with van der Waals surface area (Å²) in [5, 5.41) is 18.6. The van der Waals surface area contributed by atoms with Gasteiger partial charge < -0.3 is 19.8 Å². The molecule has 208 valence electrons. The molecule has 38 heavy (non-hydrogen) atoms. The molecule has 0 fully saturated rings. The largest absolute Gasteiger partial charge is 0.390 e. The highest BCUT2D eigenvalue weighted by atomic mass is 35.5. The van der Waals surface area contributed by atoms with Crippen LogP contribution >= 0.6 is 11.6 Å². The number of carbonyl (C=O) groups excluding carboxylic acids is 1. The van der Waals surface area contributed by atoms with Crippen LogP contribution in [0.1, 0.15) is 75.6 Å². The van der Waals surface area contributed by atoms with E-state index in [4.69, 9.17) is 16.4 Å². The van der Waals surface area contributed by atoms with Gasteiger partial charge in [0.2, 0.25) is 0 Å². The van der Waals surface area contributed by atoms with Gasteiger partial charge in [0.05, 0.1) is 22.3 Å². The first-order chi connectivity index (χ1) is 17.8. The average molecular weight is 566 g/mol. The highest BCUT2D eigenvalue weighted by Gasteiger charge is 2.54. The number of aliphatic hydroxyl groups is 1. The van der Waals surface area contributed by atoms with Crippen LogP contribution in [0.2, 0.25) is 5.02 Å². The zero-order valence-electron chi connectivity index (χ0n) is 22.4. The minimum Gasteiger partial charge on any atom is -0.390 e. The monoisotopic (exact) mass is 565 g/mol. The molecule has 0 bridgehead atoms. The second kappa shape index (κ2) is 10.6. The number of rotatable bonds is 9. The molecule has 0 saturated heterocycles. The minimum absolute atomic E-state index is 0.117. The predicted molar refractivity (Wildman–Crippen MR) is 146 cm³/mol. The first-order valence-electron chi connectivity index (χ1n) is 12.7. The van der Waals surface area contributed by atoms with Gasteiger partial charge in [-0.1, -0.05) is 35.8 Å². The molecule has 2 N–H and O–H groups in total. The van der Waals surface area contributed by atoms with Crippen molar-refractivity contribution in [1.82, 2.24) is 19.8 Å². The Morgan fingerprint density at radius 1 is 1.24 bits per heavy atom. The number of amides is 1. The van der Waals surface area contributed by atoms with E-state index >= 15 is 0 Å². The molecule has 4 rings (SSSR count). The Morgan fingerprint density at radius 3 is 2.53 bits per heavy atom. The van der Waals surface area contributed by atoms with E-state index in [2.05, 4.69) is 15.5 Å². The number of halogens is 1. The summed E-state index contributed by atoms with van der Waals surface area (Å²) in [4.78, 5) is 24.3. The van der Waals surface area contributed by atoms with Crippen LogP contribution in [0, 0.1) is 0 Å². The number of hydrogen-bond acceptors (Lipinski definition) is 8. The molecule has 0 spiro atoms. The van der Waals surface area contributed by atoms with Gasteiger partial charge in [0.25, 0.3) is 5.91 Å². The second-order valence-electron chi connectivity index (χ2n) is 10.8. The number of oxime groups is 1. The van der Waals surface area contributed by atoms with E-state index < -0.39 is 31.7 Å². The van der Waals surface area contributed by atoms with Gasteiger partial charge in [0.1, 0.15) is 11.0 Å². The maximum absolute atomic E-state index is 14.0. The molecule has 2 aliphatic rings. The number of carbonyl (C=O) groups is 1. The van der Waals surface area contributed by atoms with E-state index in [-0.39, 0.29) is 18.3 Å². The smallest absolute Gasteiger partial charge is 0.287 e. The lowest BCUT2D eigenvalue weighted by Gasteiger charge is -2.43. The van der Waals surface area contributed by atoms with Crippen LogP contribution in [0.4, 0.5) is 0 Å². The fourth-order valence-corrected chi connectivity index (χ4v) is 7.66. The molecule has 3 atom stereocenters. The standard InChI is InChI=1S/C26H36ClN5O5S/c1-6-26(5,38(35,36)25(3,4)21-13-17(2)30-37-21)16-31-11-12-32-20(24(31)34)15-28-22(32)23(33)29-14-18-7-9-19(27)10-8-18/h7-10,15,21,24,34H,6,11-14,16H2,1-5H3,(H,29,33). The Morgan fingerprint density at radius 2 is 1.92 bits per heavy atom. The van der Waals surface area contributed by atoms with Crippen LogP contribution in [-0.2, 0) is 27.8 Å². The van der Waals surface area contributed by atoms with E-state index in [0.29, 0.717) is 43.2 Å². The van der Waals surface area contributed by atoms with Crippen LogP contribution < -0.4 is 5.32 Å². The van der Waals surface area contributed by atoms with E-state index in [9.17, 15) is 18.3 Å². The van der Waals surface area contributed by atoms with Crippen molar-refractivity contribution in [3.63, 3.8) is 0 Å². The molecule has 1 amide bonds. The van der Waals surface area contributed by atoms with Gasteiger partial charge in [-0.15, -0.1) is 0 Å². The fraction of sp³-hybridized carbons (Fsp3) is 0.577. The molecule has 2 aliphatic heterocycles. The van der Waals surface area contributed by atoms with Gasteiger partial charge in [-0.2, -0.15) is 0 Å². The lowest BCUT2D eigenvalue weighted by atomic mass is 10.0. The molecule has 0 saturated carbocycles. The van der Waals surface area contributed by atoms with Gasteiger partial charge in [-0.3, -0.25) is 9.69 Å². The SMILES string of the molecule is CCC(C)(CN1CCn2c(cnc2C(=O)NCc2ccc(Cl)cc2)C1O)S(=O)(=O)C(C)(C)C1CC(C)=NO1. The van der Waals surface area contributed by atoms with E-state index in [0.717, 1.165) is 11.3 Å². The number of hydrogen-bond donors (Lipinski definition) is 2. The molecular weight excluding hydrogens is 530 g/mol. The number of sulfone groups is 1. The molecule has 12 heteroatoms. The van der Waals surface area contributed by atoms with Crippen LogP contribution in [-0.4, -0.2) is 68.3 Å². The second-order valence-corrected chi connectivity index (χ2v) is 14.3. The van der Waals surface area contributed by atoms with Crippen molar-refractivity contribution in [2.75, 3.05) is 13.1 Å². The number of benzene rings is 1. The third-order valence-electron chi connectivity index (χ3n) is 7.90. The first kappa shape index (κ1) is 28.5. The lowest BCUT2D eigenvalue weighted by molar-refractivity contribution is -0.0271. The molecule has 10 nitrogen and oxygen atoms in total. The molecule has 0 aliphatic carbocycles. The van der Waals surface area contributed by atoms with E-state index in [1.165, 1.54) is 6.20 Å². The molecule has 1 aromatic heterocycles. The summed E-state index contributed by atoms with van der Waals surface area (Å²) in [6.45, 7) is 9.93. The van der Waals surface area contributed by atoms with Crippen molar-refractivity contribution >= 4 is 33.1 Å². The third-order valence-corrected chi connectivity index (χ3v) is 11.5. The molecular formula is C26H36ClN5O5S. The number of aliphatic hydroxyl groups excluding tert-OH is 1. The Kier molecular flexibility index (Phi) is 7.96. The van der Waals surface area contributed by atoms with Gasteiger partial charge in [-0.25, -0.2) is 13.4 Å². The average Bonchev–Trinajstić information content (AvgIpc) is 3.52.